The Morgan fingerprint density at radius 1 is 1.17 bits per heavy atom. The van der Waals surface area contributed by atoms with Gasteiger partial charge in [0.05, 0.1) is 7.11 Å². The van der Waals surface area contributed by atoms with E-state index in [1.54, 1.807) is 34.1 Å². The minimum atomic E-state index is -0.972. The molecule has 8 nitrogen and oxygen atoms in total. The molecule has 2 rings (SSSR count). The standard InChI is InChI=1S/C15H19N3O5/c1-23-15(22)18-7-5-17(6-8-18)14(21)11-3-2-4-12(9-11)16-10-13(19)20/h2-4,9,16H,5-8,10H2,1H3,(H,19,20). The molecule has 0 unspecified atom stereocenters. The summed E-state index contributed by atoms with van der Waals surface area (Å²) in [6.07, 6.45) is -0.392. The first-order valence-corrected chi connectivity index (χ1v) is 7.19. The predicted octanol–water partition coefficient (Wildman–Crippen LogP) is 0.707. The van der Waals surface area contributed by atoms with Crippen molar-refractivity contribution in [3.05, 3.63) is 29.8 Å². The number of amides is 2. The minimum Gasteiger partial charge on any atom is -0.480 e. The molecule has 0 radical (unpaired) electrons. The van der Waals surface area contributed by atoms with Crippen molar-refractivity contribution in [2.45, 2.75) is 0 Å². The number of carbonyl (C=O) groups is 3. The summed E-state index contributed by atoms with van der Waals surface area (Å²) in [6, 6.07) is 6.70. The first kappa shape index (κ1) is 16.6. The van der Waals surface area contributed by atoms with Crippen molar-refractivity contribution in [1.29, 1.82) is 0 Å². The van der Waals surface area contributed by atoms with E-state index in [1.807, 2.05) is 0 Å². The van der Waals surface area contributed by atoms with Gasteiger partial charge in [0.2, 0.25) is 0 Å². The number of aliphatic carboxylic acids is 1. The summed E-state index contributed by atoms with van der Waals surface area (Å²) in [6.45, 7) is 1.50. The summed E-state index contributed by atoms with van der Waals surface area (Å²) < 4.78 is 4.66. The summed E-state index contributed by atoms with van der Waals surface area (Å²) in [5.41, 5.74) is 1.05. The molecule has 2 N–H and O–H groups in total. The van der Waals surface area contributed by atoms with E-state index in [0.29, 0.717) is 37.4 Å². The molecule has 0 atom stereocenters. The molecule has 2 amide bonds. The third-order valence-electron chi connectivity index (χ3n) is 3.55. The van der Waals surface area contributed by atoms with Gasteiger partial charge in [-0.15, -0.1) is 0 Å². The zero-order valence-electron chi connectivity index (χ0n) is 12.8. The SMILES string of the molecule is COC(=O)N1CCN(C(=O)c2cccc(NCC(=O)O)c2)CC1. The molecule has 1 aliphatic rings. The van der Waals surface area contributed by atoms with Crippen LogP contribution < -0.4 is 5.32 Å². The van der Waals surface area contributed by atoms with E-state index in [9.17, 15) is 14.4 Å². The van der Waals surface area contributed by atoms with Crippen molar-refractivity contribution < 1.29 is 24.2 Å². The number of ether oxygens (including phenoxy) is 1. The summed E-state index contributed by atoms with van der Waals surface area (Å²) >= 11 is 0. The van der Waals surface area contributed by atoms with Gasteiger partial charge in [0, 0.05) is 37.4 Å². The van der Waals surface area contributed by atoms with E-state index < -0.39 is 12.1 Å². The van der Waals surface area contributed by atoms with Crippen molar-refractivity contribution in [1.82, 2.24) is 9.80 Å². The maximum absolute atomic E-state index is 12.5. The van der Waals surface area contributed by atoms with Crippen LogP contribution in [0.4, 0.5) is 10.5 Å². The van der Waals surface area contributed by atoms with Crippen molar-refractivity contribution in [3.63, 3.8) is 0 Å². The van der Waals surface area contributed by atoms with E-state index in [2.05, 4.69) is 10.1 Å². The normalized spacial score (nSPS) is 14.3. The number of benzene rings is 1. The summed E-state index contributed by atoms with van der Waals surface area (Å²) in [7, 11) is 1.33. The molecule has 1 aromatic rings. The third kappa shape index (κ3) is 4.35. The zero-order chi connectivity index (χ0) is 16.8. The van der Waals surface area contributed by atoms with Gasteiger partial charge in [0.25, 0.3) is 5.91 Å². The number of carbonyl (C=O) groups excluding carboxylic acids is 2. The van der Waals surface area contributed by atoms with E-state index in [-0.39, 0.29) is 12.5 Å². The van der Waals surface area contributed by atoms with Crippen molar-refractivity contribution in [3.8, 4) is 0 Å². The molecular weight excluding hydrogens is 302 g/mol. The molecule has 0 aliphatic carbocycles. The Morgan fingerprint density at radius 3 is 2.43 bits per heavy atom. The Kier molecular flexibility index (Phi) is 5.40. The number of hydrogen-bond acceptors (Lipinski definition) is 5. The van der Waals surface area contributed by atoms with Crippen molar-refractivity contribution in [2.24, 2.45) is 0 Å². The lowest BCUT2D eigenvalue weighted by molar-refractivity contribution is -0.134. The van der Waals surface area contributed by atoms with Crippen LogP contribution in [-0.4, -0.2) is 72.7 Å². The number of methoxy groups -OCH3 is 1. The van der Waals surface area contributed by atoms with Gasteiger partial charge in [-0.05, 0) is 18.2 Å². The first-order valence-electron chi connectivity index (χ1n) is 7.19. The fraction of sp³-hybridized carbons (Fsp3) is 0.400. The molecule has 0 spiro atoms. The van der Waals surface area contributed by atoms with E-state index in [4.69, 9.17) is 5.11 Å². The quantitative estimate of drug-likeness (QED) is 0.847. The molecule has 1 fully saturated rings. The molecule has 8 heteroatoms. The maximum Gasteiger partial charge on any atom is 0.409 e. The van der Waals surface area contributed by atoms with Gasteiger partial charge >= 0.3 is 12.1 Å². The zero-order valence-corrected chi connectivity index (χ0v) is 12.8. The van der Waals surface area contributed by atoms with Crippen LogP contribution in [0.1, 0.15) is 10.4 Å². The van der Waals surface area contributed by atoms with Gasteiger partial charge in [0.15, 0.2) is 0 Å². The molecule has 1 aromatic carbocycles. The highest BCUT2D eigenvalue weighted by atomic mass is 16.5. The number of carboxylic acid groups (broad SMARTS) is 1. The topological polar surface area (TPSA) is 99.2 Å². The van der Waals surface area contributed by atoms with Crippen molar-refractivity contribution >= 4 is 23.7 Å². The highest BCUT2D eigenvalue weighted by molar-refractivity contribution is 5.95. The Morgan fingerprint density at radius 2 is 1.83 bits per heavy atom. The Balaban J connectivity index is 1.97. The fourth-order valence-electron chi connectivity index (χ4n) is 2.34. The lowest BCUT2D eigenvalue weighted by atomic mass is 10.1. The highest BCUT2D eigenvalue weighted by Gasteiger charge is 2.25. The van der Waals surface area contributed by atoms with Crippen LogP contribution in [0.5, 0.6) is 0 Å². The second-order valence-electron chi connectivity index (χ2n) is 5.08. The largest absolute Gasteiger partial charge is 0.480 e. The second kappa shape index (κ2) is 7.48. The van der Waals surface area contributed by atoms with Crippen LogP contribution in [0.25, 0.3) is 0 Å². The van der Waals surface area contributed by atoms with Gasteiger partial charge in [-0.2, -0.15) is 0 Å². The Hall–Kier alpha value is -2.77. The molecule has 0 bridgehead atoms. The molecule has 124 valence electrons. The number of hydrogen-bond donors (Lipinski definition) is 2. The monoisotopic (exact) mass is 321 g/mol. The van der Waals surface area contributed by atoms with Crippen LogP contribution >= 0.6 is 0 Å². The average Bonchev–Trinajstić information content (AvgIpc) is 2.59. The van der Waals surface area contributed by atoms with Gasteiger partial charge in [0.1, 0.15) is 6.54 Å². The van der Waals surface area contributed by atoms with Crippen LogP contribution in [0.15, 0.2) is 24.3 Å². The van der Waals surface area contributed by atoms with Gasteiger partial charge in [-0.1, -0.05) is 6.07 Å². The first-order chi connectivity index (χ1) is 11.0. The molecule has 0 saturated carbocycles. The highest BCUT2D eigenvalue weighted by Crippen LogP contribution is 2.14. The van der Waals surface area contributed by atoms with Crippen molar-refractivity contribution in [2.75, 3.05) is 45.2 Å². The predicted molar refractivity (Wildman–Crippen MR) is 82.4 cm³/mol. The van der Waals surface area contributed by atoms with Gasteiger partial charge < -0.3 is 25.0 Å². The van der Waals surface area contributed by atoms with Crippen LogP contribution in [0.3, 0.4) is 0 Å². The maximum atomic E-state index is 12.5. The van der Waals surface area contributed by atoms with E-state index in [0.717, 1.165) is 0 Å². The summed E-state index contributed by atoms with van der Waals surface area (Å²) in [5, 5.41) is 11.4. The number of anilines is 1. The molecular formula is C15H19N3O5. The van der Waals surface area contributed by atoms with Gasteiger partial charge in [-0.25, -0.2) is 4.79 Å². The average molecular weight is 321 g/mol. The number of nitrogens with one attached hydrogen (secondary N) is 1. The summed E-state index contributed by atoms with van der Waals surface area (Å²) in [5.74, 6) is -1.12. The number of rotatable bonds is 4. The molecule has 0 aromatic heterocycles. The second-order valence-corrected chi connectivity index (χ2v) is 5.08. The number of piperazine rings is 1. The minimum absolute atomic E-state index is 0.145. The molecule has 1 aliphatic heterocycles. The third-order valence-corrected chi connectivity index (χ3v) is 3.55. The summed E-state index contributed by atoms with van der Waals surface area (Å²) in [4.78, 5) is 37.7. The smallest absolute Gasteiger partial charge is 0.409 e. The van der Waals surface area contributed by atoms with E-state index >= 15 is 0 Å². The number of carboxylic acids is 1. The Bertz CT molecular complexity index is 597. The Labute approximate surface area is 133 Å². The lowest BCUT2D eigenvalue weighted by Gasteiger charge is -2.33. The number of nitrogens with zero attached hydrogens (tertiary/aromatic N) is 2. The molecule has 1 saturated heterocycles. The van der Waals surface area contributed by atoms with E-state index in [1.165, 1.54) is 7.11 Å². The fourth-order valence-corrected chi connectivity index (χ4v) is 2.34. The van der Waals surface area contributed by atoms with Gasteiger partial charge in [-0.3, -0.25) is 9.59 Å². The molecule has 1 heterocycles. The van der Waals surface area contributed by atoms with Crippen LogP contribution in [-0.2, 0) is 9.53 Å². The lowest BCUT2D eigenvalue weighted by Crippen LogP contribution is -2.50. The van der Waals surface area contributed by atoms with Crippen LogP contribution in [0, 0.1) is 0 Å². The van der Waals surface area contributed by atoms with Crippen LogP contribution in [0.2, 0.25) is 0 Å². The molecule has 23 heavy (non-hydrogen) atoms.